The van der Waals surface area contributed by atoms with E-state index in [0.29, 0.717) is 22.0 Å². The Labute approximate surface area is 245 Å². The fourth-order valence-corrected chi connectivity index (χ4v) is 8.38. The van der Waals surface area contributed by atoms with Crippen molar-refractivity contribution in [2.24, 2.45) is 5.92 Å². The fraction of sp³-hybridized carbons (Fsp3) is 0.214. The molecular formula is C28H25ClN4O4S3. The first-order valence-corrected chi connectivity index (χ1v) is 16.2. The number of benzene rings is 2. The number of urea groups is 1. The van der Waals surface area contributed by atoms with Crippen LogP contribution in [0.3, 0.4) is 0 Å². The van der Waals surface area contributed by atoms with Crippen LogP contribution < -0.4 is 10.6 Å². The first-order valence-electron chi connectivity index (χ1n) is 12.6. The minimum absolute atomic E-state index is 0.00789. The number of rotatable bonds is 9. The number of nitrogens with zero attached hydrogens (tertiary/aromatic N) is 2. The van der Waals surface area contributed by atoms with Crippen LogP contribution in [0.5, 0.6) is 0 Å². The van der Waals surface area contributed by atoms with Crippen molar-refractivity contribution >= 4 is 67.2 Å². The number of hydrogen-bond donors (Lipinski definition) is 2. The molecule has 4 aromatic rings. The lowest BCUT2D eigenvalue weighted by molar-refractivity contribution is 0.0923. The van der Waals surface area contributed by atoms with Gasteiger partial charge in [0.1, 0.15) is 0 Å². The normalized spacial score (nSPS) is 13.7. The van der Waals surface area contributed by atoms with Crippen molar-refractivity contribution in [2.45, 2.75) is 45.6 Å². The third-order valence-electron chi connectivity index (χ3n) is 6.38. The van der Waals surface area contributed by atoms with E-state index in [4.69, 9.17) is 11.6 Å². The summed E-state index contributed by atoms with van der Waals surface area (Å²) in [5.74, 6) is 0.126. The van der Waals surface area contributed by atoms with Crippen LogP contribution >= 0.6 is 34.7 Å². The fourth-order valence-electron chi connectivity index (χ4n) is 4.45. The molecule has 1 fully saturated rings. The molecule has 0 bridgehead atoms. The molecule has 5 rings (SSSR count). The van der Waals surface area contributed by atoms with E-state index in [2.05, 4.69) is 20.6 Å². The minimum Gasteiger partial charge on any atom is -0.307 e. The Bertz CT molecular complexity index is 1620. The standard InChI is InChI=1S/C28H25ClN4O4S3/c29-19-13-14-22(21(16-19)25(34)18-8-4-5-9-18)31-27(35)33-28-32-23(17-38-20-10-2-1-3-11-20)26(39-28)40(36,37)24-12-6-7-15-30-24/h1-3,6-7,10-16,18H,4-5,8-9,17H2,(H2,31,32,33,35). The number of thiazole rings is 1. The Kier molecular flexibility index (Phi) is 8.84. The van der Waals surface area contributed by atoms with E-state index in [1.807, 2.05) is 30.3 Å². The Balaban J connectivity index is 1.39. The van der Waals surface area contributed by atoms with Crippen LogP contribution in [0.2, 0.25) is 5.02 Å². The molecule has 2 aromatic heterocycles. The molecule has 1 saturated carbocycles. The van der Waals surface area contributed by atoms with Crippen molar-refractivity contribution in [1.82, 2.24) is 9.97 Å². The van der Waals surface area contributed by atoms with Crippen molar-refractivity contribution < 1.29 is 18.0 Å². The number of nitrogens with one attached hydrogen (secondary N) is 2. The van der Waals surface area contributed by atoms with E-state index in [9.17, 15) is 18.0 Å². The average Bonchev–Trinajstić information content (AvgIpc) is 3.64. The lowest BCUT2D eigenvalue weighted by atomic mass is 9.95. The van der Waals surface area contributed by atoms with E-state index in [1.165, 1.54) is 24.0 Å². The van der Waals surface area contributed by atoms with Gasteiger partial charge < -0.3 is 5.32 Å². The molecule has 0 radical (unpaired) electrons. The summed E-state index contributed by atoms with van der Waals surface area (Å²) in [6.07, 6.45) is 5.04. The molecule has 0 unspecified atom stereocenters. The number of sulfone groups is 1. The molecule has 1 aliphatic rings. The van der Waals surface area contributed by atoms with Crippen LogP contribution in [0.15, 0.2) is 87.1 Å². The highest BCUT2D eigenvalue weighted by atomic mass is 35.5. The van der Waals surface area contributed by atoms with Crippen molar-refractivity contribution in [3.8, 4) is 0 Å². The molecule has 8 nitrogen and oxygen atoms in total. The number of thioether (sulfide) groups is 1. The van der Waals surface area contributed by atoms with Gasteiger partial charge in [0.05, 0.1) is 11.4 Å². The molecule has 2 heterocycles. The summed E-state index contributed by atoms with van der Waals surface area (Å²) in [6.45, 7) is 0. The second-order valence-corrected chi connectivity index (χ2v) is 13.7. The molecule has 2 amide bonds. The SMILES string of the molecule is O=C(Nc1nc(CSc2ccccc2)c(S(=O)(=O)c2ccccn2)s1)Nc1ccc(Cl)cc1C(=O)C1CCCC1. The molecule has 2 N–H and O–H groups in total. The largest absolute Gasteiger partial charge is 0.325 e. The Hall–Kier alpha value is -3.25. The van der Waals surface area contributed by atoms with Gasteiger partial charge in [0.2, 0.25) is 9.84 Å². The molecule has 0 aliphatic heterocycles. The summed E-state index contributed by atoms with van der Waals surface area (Å²) in [7, 11) is -3.98. The number of anilines is 2. The predicted molar refractivity (Wildman–Crippen MR) is 158 cm³/mol. The van der Waals surface area contributed by atoms with E-state index in [1.54, 1.807) is 30.3 Å². The third kappa shape index (κ3) is 6.55. The van der Waals surface area contributed by atoms with Gasteiger partial charge in [-0.1, -0.05) is 60.0 Å². The summed E-state index contributed by atoms with van der Waals surface area (Å²) in [6, 6.07) is 18.3. The maximum atomic E-state index is 13.5. The molecule has 12 heteroatoms. The number of halogens is 1. The Morgan fingerprint density at radius 1 is 1.00 bits per heavy atom. The highest BCUT2D eigenvalue weighted by molar-refractivity contribution is 7.98. The van der Waals surface area contributed by atoms with E-state index in [0.717, 1.165) is 41.9 Å². The van der Waals surface area contributed by atoms with Crippen LogP contribution in [-0.4, -0.2) is 30.2 Å². The molecule has 2 aromatic carbocycles. The van der Waals surface area contributed by atoms with Crippen LogP contribution in [0.1, 0.15) is 41.7 Å². The van der Waals surface area contributed by atoms with Crippen molar-refractivity contribution in [3.05, 3.63) is 89.2 Å². The lowest BCUT2D eigenvalue weighted by Crippen LogP contribution is -2.22. The zero-order valence-corrected chi connectivity index (χ0v) is 24.4. The molecule has 1 aliphatic carbocycles. The van der Waals surface area contributed by atoms with Gasteiger partial charge in [-0.05, 0) is 55.3 Å². The maximum absolute atomic E-state index is 13.5. The number of aromatic nitrogens is 2. The van der Waals surface area contributed by atoms with E-state index in [-0.39, 0.29) is 31.8 Å². The highest BCUT2D eigenvalue weighted by Crippen LogP contribution is 2.36. The summed E-state index contributed by atoms with van der Waals surface area (Å²) >= 11 is 8.46. The summed E-state index contributed by atoms with van der Waals surface area (Å²) in [5, 5.41) is 5.76. The van der Waals surface area contributed by atoms with Gasteiger partial charge in [0.15, 0.2) is 20.1 Å². The maximum Gasteiger partial charge on any atom is 0.325 e. The van der Waals surface area contributed by atoms with E-state index < -0.39 is 15.9 Å². The average molecular weight is 613 g/mol. The van der Waals surface area contributed by atoms with Crippen LogP contribution in [0.4, 0.5) is 15.6 Å². The number of ketones is 1. The highest BCUT2D eigenvalue weighted by Gasteiger charge is 2.29. The van der Waals surface area contributed by atoms with Gasteiger partial charge in [0.25, 0.3) is 0 Å². The Morgan fingerprint density at radius 2 is 1.75 bits per heavy atom. The zero-order chi connectivity index (χ0) is 28.1. The quantitative estimate of drug-likeness (QED) is 0.150. The summed E-state index contributed by atoms with van der Waals surface area (Å²) < 4.78 is 26.9. The minimum atomic E-state index is -3.98. The van der Waals surface area contributed by atoms with Gasteiger partial charge >= 0.3 is 6.03 Å². The molecule has 0 spiro atoms. The number of carbonyl (C=O) groups excluding carboxylic acids is 2. The number of amides is 2. The smallest absolute Gasteiger partial charge is 0.307 e. The zero-order valence-electron chi connectivity index (χ0n) is 21.2. The van der Waals surface area contributed by atoms with Gasteiger partial charge in [-0.2, -0.15) is 0 Å². The number of pyridine rings is 1. The number of Topliss-reactive ketones (excluding diaryl/α,β-unsaturated/α-hetero) is 1. The lowest BCUT2D eigenvalue weighted by Gasteiger charge is -2.14. The van der Waals surface area contributed by atoms with Crippen LogP contribution in [0, 0.1) is 5.92 Å². The van der Waals surface area contributed by atoms with Gasteiger partial charge in [-0.3, -0.25) is 10.1 Å². The third-order valence-corrected chi connectivity index (χ3v) is 10.9. The van der Waals surface area contributed by atoms with Crippen molar-refractivity contribution in [3.63, 3.8) is 0 Å². The van der Waals surface area contributed by atoms with E-state index >= 15 is 0 Å². The molecular weight excluding hydrogens is 588 g/mol. The molecule has 0 saturated heterocycles. The van der Waals surface area contributed by atoms with Crippen LogP contribution in [0.25, 0.3) is 0 Å². The van der Waals surface area contributed by atoms with Gasteiger partial charge in [-0.25, -0.2) is 23.2 Å². The monoisotopic (exact) mass is 612 g/mol. The first-order chi connectivity index (χ1) is 19.3. The second kappa shape index (κ2) is 12.5. The van der Waals surface area contributed by atoms with Crippen LogP contribution in [-0.2, 0) is 15.6 Å². The topological polar surface area (TPSA) is 118 Å². The molecule has 0 atom stereocenters. The van der Waals surface area contributed by atoms with Crippen molar-refractivity contribution in [1.29, 1.82) is 0 Å². The van der Waals surface area contributed by atoms with Crippen molar-refractivity contribution in [2.75, 3.05) is 10.6 Å². The second-order valence-electron chi connectivity index (χ2n) is 9.14. The van der Waals surface area contributed by atoms with Gasteiger partial charge in [-0.15, -0.1) is 11.8 Å². The Morgan fingerprint density at radius 3 is 2.48 bits per heavy atom. The number of carbonyl (C=O) groups is 2. The van der Waals surface area contributed by atoms with Gasteiger partial charge in [0, 0.05) is 33.3 Å². The number of hydrogen-bond acceptors (Lipinski definition) is 8. The first kappa shape index (κ1) is 28.3. The molecule has 40 heavy (non-hydrogen) atoms. The predicted octanol–water partition coefficient (Wildman–Crippen LogP) is 7.33. The summed E-state index contributed by atoms with van der Waals surface area (Å²) in [4.78, 5) is 35.6. The summed E-state index contributed by atoms with van der Waals surface area (Å²) in [5.41, 5.74) is 0.993. The molecule has 206 valence electrons.